The Morgan fingerprint density at radius 3 is 2.65 bits per heavy atom. The molecule has 0 aliphatic carbocycles. The van der Waals surface area contributed by atoms with E-state index in [1.807, 2.05) is 11.0 Å². The maximum absolute atomic E-state index is 12.6. The molecule has 0 saturated carbocycles. The topological polar surface area (TPSA) is 42.4 Å². The van der Waals surface area contributed by atoms with Gasteiger partial charge < -0.3 is 9.64 Å². The normalized spacial score (nSPS) is 15.4. The van der Waals surface area contributed by atoms with Gasteiger partial charge in [0, 0.05) is 30.9 Å². The van der Waals surface area contributed by atoms with Gasteiger partial charge in [-0.15, -0.1) is 0 Å². The Kier molecular flexibility index (Phi) is 4.91. The highest BCUT2D eigenvalue weighted by molar-refractivity contribution is 5.94. The lowest BCUT2D eigenvalue weighted by Crippen LogP contribution is -2.38. The van der Waals surface area contributed by atoms with E-state index >= 15 is 0 Å². The van der Waals surface area contributed by atoms with E-state index in [4.69, 9.17) is 4.74 Å². The summed E-state index contributed by atoms with van der Waals surface area (Å²) in [7, 11) is 1.56. The smallest absolute Gasteiger partial charge is 0.254 e. The molecular weight excluding hydrogens is 288 g/mol. The van der Waals surface area contributed by atoms with Crippen molar-refractivity contribution < 1.29 is 9.53 Å². The summed E-state index contributed by atoms with van der Waals surface area (Å²) in [4.78, 5) is 18.6. The number of amides is 1. The van der Waals surface area contributed by atoms with Crippen LogP contribution in [0.4, 0.5) is 0 Å². The summed E-state index contributed by atoms with van der Waals surface area (Å²) in [6.07, 6.45) is 4.84. The van der Waals surface area contributed by atoms with Gasteiger partial charge in [-0.25, -0.2) is 4.98 Å². The lowest BCUT2D eigenvalue weighted by molar-refractivity contribution is 0.0690. The van der Waals surface area contributed by atoms with Crippen LogP contribution in [-0.2, 0) is 6.42 Å². The van der Waals surface area contributed by atoms with E-state index in [0.717, 1.165) is 32.4 Å². The molecule has 3 rings (SSSR count). The van der Waals surface area contributed by atoms with Crippen molar-refractivity contribution in [3.05, 3.63) is 59.8 Å². The average Bonchev–Trinajstić information content (AvgIpc) is 2.63. The number of nitrogens with zero attached hydrogens (tertiary/aromatic N) is 2. The van der Waals surface area contributed by atoms with Crippen molar-refractivity contribution in [3.63, 3.8) is 0 Å². The second-order valence-corrected chi connectivity index (χ2v) is 6.01. The number of ether oxygens (including phenoxy) is 1. The van der Waals surface area contributed by atoms with Gasteiger partial charge >= 0.3 is 0 Å². The molecule has 0 unspecified atom stereocenters. The second-order valence-electron chi connectivity index (χ2n) is 6.01. The van der Waals surface area contributed by atoms with Crippen molar-refractivity contribution in [2.45, 2.75) is 19.3 Å². The van der Waals surface area contributed by atoms with Crippen LogP contribution in [0.1, 0.15) is 28.8 Å². The average molecular weight is 310 g/mol. The van der Waals surface area contributed by atoms with Crippen LogP contribution in [0.2, 0.25) is 0 Å². The SMILES string of the molecule is COc1cc(C(=O)N2CCC(Cc3ccccc3)CC2)ccn1. The Morgan fingerprint density at radius 2 is 1.96 bits per heavy atom. The molecule has 0 bridgehead atoms. The molecule has 1 aliphatic rings. The number of pyridine rings is 1. The van der Waals surface area contributed by atoms with Crippen LogP contribution in [-0.4, -0.2) is 36.0 Å². The molecule has 2 heterocycles. The Bertz CT molecular complexity index is 649. The molecule has 2 aromatic rings. The third kappa shape index (κ3) is 3.89. The van der Waals surface area contributed by atoms with Gasteiger partial charge in [0.05, 0.1) is 7.11 Å². The molecule has 0 spiro atoms. The van der Waals surface area contributed by atoms with Gasteiger partial charge in [-0.2, -0.15) is 0 Å². The summed E-state index contributed by atoms with van der Waals surface area (Å²) in [6, 6.07) is 14.0. The lowest BCUT2D eigenvalue weighted by Gasteiger charge is -2.32. The molecule has 1 aliphatic heterocycles. The molecule has 4 nitrogen and oxygen atoms in total. The zero-order valence-electron chi connectivity index (χ0n) is 13.4. The zero-order chi connectivity index (χ0) is 16.1. The van der Waals surface area contributed by atoms with Crippen LogP contribution in [0, 0.1) is 5.92 Å². The van der Waals surface area contributed by atoms with Gasteiger partial charge in [-0.1, -0.05) is 30.3 Å². The van der Waals surface area contributed by atoms with E-state index in [0.29, 0.717) is 17.4 Å². The second kappa shape index (κ2) is 7.27. The maximum Gasteiger partial charge on any atom is 0.254 e. The molecule has 1 aromatic carbocycles. The summed E-state index contributed by atoms with van der Waals surface area (Å²) < 4.78 is 5.09. The lowest BCUT2D eigenvalue weighted by atomic mass is 9.90. The monoisotopic (exact) mass is 310 g/mol. The van der Waals surface area contributed by atoms with Crippen molar-refractivity contribution >= 4 is 5.91 Å². The van der Waals surface area contributed by atoms with Gasteiger partial charge in [-0.05, 0) is 36.8 Å². The maximum atomic E-state index is 12.6. The molecule has 120 valence electrons. The predicted molar refractivity (Wildman–Crippen MR) is 89.6 cm³/mol. The number of hydrogen-bond acceptors (Lipinski definition) is 3. The first-order valence-electron chi connectivity index (χ1n) is 8.09. The van der Waals surface area contributed by atoms with Crippen LogP contribution in [0.15, 0.2) is 48.7 Å². The molecular formula is C19H22N2O2. The Morgan fingerprint density at radius 1 is 1.22 bits per heavy atom. The Hall–Kier alpha value is -2.36. The minimum absolute atomic E-state index is 0.0730. The van der Waals surface area contributed by atoms with Crippen LogP contribution < -0.4 is 4.74 Å². The Labute approximate surface area is 137 Å². The summed E-state index contributed by atoms with van der Waals surface area (Å²) in [5.41, 5.74) is 2.04. The summed E-state index contributed by atoms with van der Waals surface area (Å²) in [6.45, 7) is 1.64. The third-order valence-corrected chi connectivity index (χ3v) is 4.46. The fourth-order valence-electron chi connectivity index (χ4n) is 3.12. The number of likely N-dealkylation sites (tertiary alicyclic amines) is 1. The number of carbonyl (C=O) groups excluding carboxylic acids is 1. The molecule has 0 N–H and O–H groups in total. The number of methoxy groups -OCH3 is 1. The van der Waals surface area contributed by atoms with E-state index < -0.39 is 0 Å². The number of carbonyl (C=O) groups is 1. The minimum atomic E-state index is 0.0730. The van der Waals surface area contributed by atoms with Gasteiger partial charge in [-0.3, -0.25) is 4.79 Å². The van der Waals surface area contributed by atoms with Crippen LogP contribution in [0.25, 0.3) is 0 Å². The van der Waals surface area contributed by atoms with Gasteiger partial charge in [0.15, 0.2) is 0 Å². The first-order valence-corrected chi connectivity index (χ1v) is 8.09. The number of hydrogen-bond donors (Lipinski definition) is 0. The van der Waals surface area contributed by atoms with Gasteiger partial charge in [0.25, 0.3) is 5.91 Å². The largest absolute Gasteiger partial charge is 0.481 e. The van der Waals surface area contributed by atoms with Gasteiger partial charge in [0.1, 0.15) is 0 Å². The van der Waals surface area contributed by atoms with Crippen molar-refractivity contribution in [2.24, 2.45) is 5.92 Å². The number of aromatic nitrogens is 1. The highest BCUT2D eigenvalue weighted by Crippen LogP contribution is 2.23. The van der Waals surface area contributed by atoms with Crippen molar-refractivity contribution in [1.82, 2.24) is 9.88 Å². The number of benzene rings is 1. The van der Waals surface area contributed by atoms with Crippen LogP contribution in [0.5, 0.6) is 5.88 Å². The number of rotatable bonds is 4. The third-order valence-electron chi connectivity index (χ3n) is 4.46. The highest BCUT2D eigenvalue weighted by atomic mass is 16.5. The van der Waals surface area contributed by atoms with E-state index in [2.05, 4.69) is 29.2 Å². The first-order chi connectivity index (χ1) is 11.3. The van der Waals surface area contributed by atoms with Crippen LogP contribution in [0.3, 0.4) is 0 Å². The predicted octanol–water partition coefficient (Wildman–Crippen LogP) is 3.19. The van der Waals surface area contributed by atoms with Gasteiger partial charge in [0.2, 0.25) is 5.88 Å². The summed E-state index contributed by atoms with van der Waals surface area (Å²) in [5.74, 6) is 1.21. The Balaban J connectivity index is 1.57. The molecule has 1 amide bonds. The standard InChI is InChI=1S/C19H22N2O2/c1-23-18-14-17(7-10-20-18)19(22)21-11-8-16(9-12-21)13-15-5-3-2-4-6-15/h2-7,10,14,16H,8-9,11-13H2,1H3. The summed E-state index contributed by atoms with van der Waals surface area (Å²) >= 11 is 0. The molecule has 1 aromatic heterocycles. The molecule has 0 atom stereocenters. The van der Waals surface area contributed by atoms with E-state index in [1.165, 1.54) is 5.56 Å². The minimum Gasteiger partial charge on any atom is -0.481 e. The summed E-state index contributed by atoms with van der Waals surface area (Å²) in [5, 5.41) is 0. The molecule has 1 fully saturated rings. The number of piperidine rings is 1. The fourth-order valence-corrected chi connectivity index (χ4v) is 3.12. The fraction of sp³-hybridized carbons (Fsp3) is 0.368. The van der Waals surface area contributed by atoms with E-state index in [-0.39, 0.29) is 5.91 Å². The van der Waals surface area contributed by atoms with Crippen molar-refractivity contribution in [3.8, 4) is 5.88 Å². The van der Waals surface area contributed by atoms with E-state index in [1.54, 1.807) is 25.4 Å². The zero-order valence-corrected chi connectivity index (χ0v) is 13.4. The quantitative estimate of drug-likeness (QED) is 0.871. The highest BCUT2D eigenvalue weighted by Gasteiger charge is 2.24. The first kappa shape index (κ1) is 15.5. The molecule has 0 radical (unpaired) electrons. The molecule has 4 heteroatoms. The van der Waals surface area contributed by atoms with Crippen molar-refractivity contribution in [2.75, 3.05) is 20.2 Å². The van der Waals surface area contributed by atoms with E-state index in [9.17, 15) is 4.79 Å². The molecule has 1 saturated heterocycles. The molecule has 23 heavy (non-hydrogen) atoms. The van der Waals surface area contributed by atoms with Crippen molar-refractivity contribution in [1.29, 1.82) is 0 Å². The van der Waals surface area contributed by atoms with Crippen LogP contribution >= 0.6 is 0 Å².